The lowest BCUT2D eigenvalue weighted by molar-refractivity contribution is -0.118. The van der Waals surface area contributed by atoms with Gasteiger partial charge in [0.2, 0.25) is 0 Å². The third kappa shape index (κ3) is 2.34. The van der Waals surface area contributed by atoms with Crippen LogP contribution < -0.4 is 5.73 Å². The molecule has 0 bridgehead atoms. The molecule has 1 atom stereocenters. The topological polar surface area (TPSA) is 43.1 Å². The van der Waals surface area contributed by atoms with Crippen molar-refractivity contribution in [3.05, 3.63) is 29.8 Å². The molecule has 0 saturated heterocycles. The van der Waals surface area contributed by atoms with Crippen LogP contribution in [0.25, 0.3) is 0 Å². The molecule has 2 N–H and O–H groups in total. The highest BCUT2D eigenvalue weighted by Crippen LogP contribution is 2.26. The van der Waals surface area contributed by atoms with E-state index in [4.69, 9.17) is 5.73 Å². The van der Waals surface area contributed by atoms with E-state index in [2.05, 4.69) is 6.92 Å². The summed E-state index contributed by atoms with van der Waals surface area (Å²) >= 11 is 0. The summed E-state index contributed by atoms with van der Waals surface area (Å²) in [5.74, 6) is 0.172. The molecule has 1 aromatic carbocycles. The van der Waals surface area contributed by atoms with Crippen molar-refractivity contribution in [3.63, 3.8) is 0 Å². The van der Waals surface area contributed by atoms with Crippen LogP contribution in [0.1, 0.15) is 38.2 Å². The molecule has 0 aromatic heterocycles. The summed E-state index contributed by atoms with van der Waals surface area (Å²) in [6.45, 7) is 3.71. The molecule has 14 heavy (non-hydrogen) atoms. The van der Waals surface area contributed by atoms with Gasteiger partial charge in [0.1, 0.15) is 5.78 Å². The largest absolute Gasteiger partial charge is 0.398 e. The number of hydrogen-bond acceptors (Lipinski definition) is 2. The van der Waals surface area contributed by atoms with Crippen LogP contribution in [0.5, 0.6) is 0 Å². The lowest BCUT2D eigenvalue weighted by Crippen LogP contribution is -2.10. The summed E-state index contributed by atoms with van der Waals surface area (Å²) in [5.41, 5.74) is 7.53. The highest BCUT2D eigenvalue weighted by atomic mass is 16.1. The Labute approximate surface area is 85.1 Å². The van der Waals surface area contributed by atoms with Gasteiger partial charge in [-0.1, -0.05) is 31.5 Å². The molecule has 0 aliphatic rings. The number of hydrogen-bond donors (Lipinski definition) is 1. The Morgan fingerprint density at radius 3 is 2.57 bits per heavy atom. The molecular formula is C12H17NO. The van der Waals surface area contributed by atoms with Crippen LogP contribution in [0.2, 0.25) is 0 Å². The zero-order valence-electron chi connectivity index (χ0n) is 8.79. The van der Waals surface area contributed by atoms with Crippen LogP contribution in [0.4, 0.5) is 5.69 Å². The molecule has 0 amide bonds. The lowest BCUT2D eigenvalue weighted by atomic mass is 9.90. The Hall–Kier alpha value is -1.31. The summed E-state index contributed by atoms with van der Waals surface area (Å²) in [6.07, 6.45) is 1.88. The number of para-hydroxylation sites is 1. The van der Waals surface area contributed by atoms with E-state index in [1.54, 1.807) is 6.92 Å². The van der Waals surface area contributed by atoms with E-state index >= 15 is 0 Å². The third-order valence-electron chi connectivity index (χ3n) is 2.44. The Balaban J connectivity index is 2.99. The lowest BCUT2D eigenvalue weighted by Gasteiger charge is -2.15. The molecular weight excluding hydrogens is 174 g/mol. The third-order valence-corrected chi connectivity index (χ3v) is 2.44. The van der Waals surface area contributed by atoms with E-state index in [9.17, 15) is 4.79 Å². The number of nitrogen functional groups attached to an aromatic ring is 1. The van der Waals surface area contributed by atoms with Crippen molar-refractivity contribution in [2.45, 2.75) is 32.6 Å². The first-order valence-corrected chi connectivity index (χ1v) is 5.01. The molecule has 1 aromatic rings. The summed E-state index contributed by atoms with van der Waals surface area (Å²) in [7, 11) is 0. The Bertz CT molecular complexity index is 320. The van der Waals surface area contributed by atoms with Gasteiger partial charge in [0.15, 0.2) is 0 Å². The SMILES string of the molecule is CCCC(C(C)=O)c1ccccc1N. The molecule has 0 heterocycles. The van der Waals surface area contributed by atoms with Crippen LogP contribution in [0.15, 0.2) is 24.3 Å². The molecule has 0 fully saturated rings. The summed E-state index contributed by atoms with van der Waals surface area (Å²) < 4.78 is 0. The van der Waals surface area contributed by atoms with Crippen molar-refractivity contribution in [3.8, 4) is 0 Å². The Morgan fingerprint density at radius 2 is 2.07 bits per heavy atom. The number of benzene rings is 1. The fourth-order valence-corrected chi connectivity index (χ4v) is 1.69. The predicted molar refractivity (Wildman–Crippen MR) is 59.2 cm³/mol. The number of rotatable bonds is 4. The molecule has 0 saturated carbocycles. The maximum atomic E-state index is 11.4. The van der Waals surface area contributed by atoms with Crippen molar-refractivity contribution in [1.29, 1.82) is 0 Å². The van der Waals surface area contributed by atoms with Crippen molar-refractivity contribution < 1.29 is 4.79 Å². The number of Topliss-reactive ketones (excluding diaryl/α,β-unsaturated/α-hetero) is 1. The van der Waals surface area contributed by atoms with Gasteiger partial charge < -0.3 is 5.73 Å². The average molecular weight is 191 g/mol. The van der Waals surface area contributed by atoms with Gasteiger partial charge in [0.25, 0.3) is 0 Å². The van der Waals surface area contributed by atoms with Crippen LogP contribution in [-0.2, 0) is 4.79 Å². The van der Waals surface area contributed by atoms with E-state index in [1.807, 2.05) is 24.3 Å². The van der Waals surface area contributed by atoms with Crippen LogP contribution in [0.3, 0.4) is 0 Å². The van der Waals surface area contributed by atoms with Gasteiger partial charge in [0, 0.05) is 11.6 Å². The minimum absolute atomic E-state index is 0.0267. The van der Waals surface area contributed by atoms with E-state index in [0.717, 1.165) is 24.1 Å². The first-order valence-electron chi connectivity index (χ1n) is 5.01. The van der Waals surface area contributed by atoms with Crippen LogP contribution >= 0.6 is 0 Å². The maximum Gasteiger partial charge on any atom is 0.137 e. The summed E-state index contributed by atoms with van der Waals surface area (Å²) in [4.78, 5) is 11.4. The second-order valence-electron chi connectivity index (χ2n) is 3.58. The zero-order valence-corrected chi connectivity index (χ0v) is 8.79. The minimum atomic E-state index is -0.0267. The van der Waals surface area contributed by atoms with E-state index < -0.39 is 0 Å². The monoisotopic (exact) mass is 191 g/mol. The van der Waals surface area contributed by atoms with Crippen molar-refractivity contribution in [1.82, 2.24) is 0 Å². The highest BCUT2D eigenvalue weighted by molar-refractivity contribution is 5.85. The van der Waals surface area contributed by atoms with E-state index in [0.29, 0.717) is 0 Å². The Morgan fingerprint density at radius 1 is 1.43 bits per heavy atom. The molecule has 2 nitrogen and oxygen atoms in total. The van der Waals surface area contributed by atoms with E-state index in [-0.39, 0.29) is 11.7 Å². The molecule has 0 aliphatic heterocycles. The van der Waals surface area contributed by atoms with Crippen molar-refractivity contribution >= 4 is 11.5 Å². The number of carbonyl (C=O) groups excluding carboxylic acids is 1. The first-order chi connectivity index (χ1) is 6.66. The highest BCUT2D eigenvalue weighted by Gasteiger charge is 2.17. The van der Waals surface area contributed by atoms with Gasteiger partial charge in [-0.05, 0) is 25.0 Å². The van der Waals surface area contributed by atoms with Gasteiger partial charge in [-0.2, -0.15) is 0 Å². The number of ketones is 1. The number of nitrogens with two attached hydrogens (primary N) is 1. The normalized spacial score (nSPS) is 12.4. The predicted octanol–water partition coefficient (Wildman–Crippen LogP) is 2.74. The molecule has 2 heteroatoms. The zero-order chi connectivity index (χ0) is 10.6. The maximum absolute atomic E-state index is 11.4. The summed E-state index contributed by atoms with van der Waals surface area (Å²) in [6, 6.07) is 7.61. The van der Waals surface area contributed by atoms with Crippen molar-refractivity contribution in [2.75, 3.05) is 5.73 Å². The molecule has 0 radical (unpaired) electrons. The standard InChI is InChI=1S/C12H17NO/c1-3-6-10(9(2)14)11-7-4-5-8-12(11)13/h4-5,7-8,10H,3,6,13H2,1-2H3. The molecule has 1 unspecified atom stereocenters. The van der Waals surface area contributed by atoms with Gasteiger partial charge >= 0.3 is 0 Å². The second kappa shape index (κ2) is 4.80. The quantitative estimate of drug-likeness (QED) is 0.743. The van der Waals surface area contributed by atoms with E-state index in [1.165, 1.54) is 0 Å². The van der Waals surface area contributed by atoms with Crippen LogP contribution in [0, 0.1) is 0 Å². The average Bonchev–Trinajstić information content (AvgIpc) is 2.15. The Kier molecular flexibility index (Phi) is 3.69. The number of anilines is 1. The molecule has 1 rings (SSSR count). The fourth-order valence-electron chi connectivity index (χ4n) is 1.69. The first kappa shape index (κ1) is 10.8. The number of carbonyl (C=O) groups is 1. The van der Waals surface area contributed by atoms with Crippen molar-refractivity contribution in [2.24, 2.45) is 0 Å². The smallest absolute Gasteiger partial charge is 0.137 e. The van der Waals surface area contributed by atoms with Crippen LogP contribution in [-0.4, -0.2) is 5.78 Å². The van der Waals surface area contributed by atoms with Gasteiger partial charge in [-0.25, -0.2) is 0 Å². The van der Waals surface area contributed by atoms with Gasteiger partial charge in [-0.15, -0.1) is 0 Å². The minimum Gasteiger partial charge on any atom is -0.398 e. The second-order valence-corrected chi connectivity index (χ2v) is 3.58. The fraction of sp³-hybridized carbons (Fsp3) is 0.417. The molecule has 76 valence electrons. The molecule has 0 spiro atoms. The van der Waals surface area contributed by atoms with Gasteiger partial charge in [-0.3, -0.25) is 4.79 Å². The summed E-state index contributed by atoms with van der Waals surface area (Å²) in [5, 5.41) is 0. The molecule has 0 aliphatic carbocycles. The van der Waals surface area contributed by atoms with Gasteiger partial charge in [0.05, 0.1) is 0 Å².